The van der Waals surface area contributed by atoms with Gasteiger partial charge in [-0.1, -0.05) is 6.07 Å². The lowest BCUT2D eigenvalue weighted by Crippen LogP contribution is -2.48. The minimum atomic E-state index is -0.707. The maximum Gasteiger partial charge on any atom is 0.353 e. The first-order valence-corrected chi connectivity index (χ1v) is 4.78. The summed E-state index contributed by atoms with van der Waals surface area (Å²) < 4.78 is 0. The average Bonchev–Trinajstić information content (AvgIpc) is 2.49. The maximum atomic E-state index is 10.8. The molecule has 2 rings (SSSR count). The van der Waals surface area contributed by atoms with Crippen LogP contribution in [-0.2, 0) is 0 Å². The Balaban J connectivity index is 0.000000225. The van der Waals surface area contributed by atoms with Crippen LogP contribution in [0.1, 0.15) is 0 Å². The van der Waals surface area contributed by atoms with Crippen LogP contribution in [-0.4, -0.2) is 26.0 Å². The quantitative estimate of drug-likeness (QED) is 0.342. The first kappa shape index (κ1) is 13.4. The van der Waals surface area contributed by atoms with Crippen molar-refractivity contribution >= 4 is 12.0 Å². The average molecular weight is 248 g/mol. The Morgan fingerprint density at radius 1 is 1.11 bits per heavy atom. The van der Waals surface area contributed by atoms with E-state index in [1.165, 1.54) is 12.7 Å². The first-order valence-electron chi connectivity index (χ1n) is 4.78. The van der Waals surface area contributed by atoms with Crippen molar-refractivity contribution in [3.8, 4) is 0 Å². The number of pyridine rings is 1. The van der Waals surface area contributed by atoms with Gasteiger partial charge in [-0.3, -0.25) is 10.4 Å². The van der Waals surface area contributed by atoms with Crippen LogP contribution in [0.25, 0.3) is 0 Å². The highest BCUT2D eigenvalue weighted by atomic mass is 16.2. The molecule has 94 valence electrons. The molecule has 0 saturated heterocycles. The van der Waals surface area contributed by atoms with Gasteiger partial charge in [0.2, 0.25) is 0 Å². The van der Waals surface area contributed by atoms with Gasteiger partial charge in [0.05, 0.1) is 0 Å². The van der Waals surface area contributed by atoms with Crippen molar-refractivity contribution in [1.29, 1.82) is 0 Å². The lowest BCUT2D eigenvalue weighted by atomic mass is 10.5. The van der Waals surface area contributed by atoms with E-state index >= 15 is 0 Å². The number of aromatic nitrogens is 4. The summed E-state index contributed by atoms with van der Waals surface area (Å²) in [6.07, 6.45) is 5.93. The van der Waals surface area contributed by atoms with E-state index in [2.05, 4.69) is 19.9 Å². The Kier molecular flexibility index (Phi) is 5.66. The Morgan fingerprint density at radius 3 is 2.11 bits per heavy atom. The van der Waals surface area contributed by atoms with E-state index in [-0.39, 0.29) is 5.95 Å². The van der Waals surface area contributed by atoms with Crippen molar-refractivity contribution in [3.63, 3.8) is 0 Å². The van der Waals surface area contributed by atoms with Gasteiger partial charge in [-0.15, -0.1) is 0 Å². The summed E-state index contributed by atoms with van der Waals surface area (Å²) in [6, 6.07) is 5.01. The standard InChI is InChI=1S/C5H5N.C4H7N7O/c1-2-4-6-5-3-1;5-10-4(12)11(6)3-8-1-7-2-9-3/h1-5H;1-2H,5-6H2,(H,10,12). The fourth-order valence-electron chi connectivity index (χ4n) is 0.830. The SMILES string of the molecule is NNC(=O)N(N)c1ncncn1.c1ccncc1. The molecular formula is C9H12N8O. The van der Waals surface area contributed by atoms with Crippen LogP contribution >= 0.6 is 0 Å². The van der Waals surface area contributed by atoms with Crippen molar-refractivity contribution in [2.45, 2.75) is 0 Å². The van der Waals surface area contributed by atoms with Gasteiger partial charge < -0.3 is 0 Å². The number of carbonyl (C=O) groups is 1. The first-order chi connectivity index (χ1) is 8.75. The molecule has 0 saturated carbocycles. The number of carbonyl (C=O) groups excluding carboxylic acids is 1. The third-order valence-electron chi connectivity index (χ3n) is 1.60. The molecular weight excluding hydrogens is 236 g/mol. The molecule has 2 aromatic rings. The van der Waals surface area contributed by atoms with E-state index in [0.717, 1.165) is 0 Å². The lowest BCUT2D eigenvalue weighted by Gasteiger charge is -2.11. The minimum Gasteiger partial charge on any atom is -0.274 e. The van der Waals surface area contributed by atoms with E-state index < -0.39 is 6.03 Å². The predicted molar refractivity (Wildman–Crippen MR) is 63.4 cm³/mol. The summed E-state index contributed by atoms with van der Waals surface area (Å²) in [4.78, 5) is 25.3. The smallest absolute Gasteiger partial charge is 0.274 e. The van der Waals surface area contributed by atoms with E-state index in [0.29, 0.717) is 5.01 Å². The molecule has 0 aliphatic rings. The molecule has 9 heteroatoms. The molecule has 0 fully saturated rings. The Labute approximate surface area is 103 Å². The van der Waals surface area contributed by atoms with Crippen LogP contribution < -0.4 is 22.1 Å². The highest BCUT2D eigenvalue weighted by Crippen LogP contribution is 1.96. The van der Waals surface area contributed by atoms with Gasteiger partial charge in [0.1, 0.15) is 12.7 Å². The molecule has 9 nitrogen and oxygen atoms in total. The molecule has 18 heavy (non-hydrogen) atoms. The van der Waals surface area contributed by atoms with Crippen LogP contribution in [0.4, 0.5) is 10.7 Å². The van der Waals surface area contributed by atoms with Crippen LogP contribution in [0.5, 0.6) is 0 Å². The van der Waals surface area contributed by atoms with Crippen molar-refractivity contribution in [2.75, 3.05) is 5.01 Å². The summed E-state index contributed by atoms with van der Waals surface area (Å²) in [6.45, 7) is 0. The number of urea groups is 1. The zero-order valence-electron chi connectivity index (χ0n) is 9.34. The fourth-order valence-corrected chi connectivity index (χ4v) is 0.830. The molecule has 0 aliphatic carbocycles. The van der Waals surface area contributed by atoms with Crippen LogP contribution in [0.2, 0.25) is 0 Å². The summed E-state index contributed by atoms with van der Waals surface area (Å²) in [5, 5.41) is 0.668. The van der Waals surface area contributed by atoms with E-state index in [1.807, 2.05) is 23.6 Å². The van der Waals surface area contributed by atoms with E-state index in [1.54, 1.807) is 12.4 Å². The second-order valence-corrected chi connectivity index (χ2v) is 2.78. The second-order valence-electron chi connectivity index (χ2n) is 2.78. The summed E-state index contributed by atoms with van der Waals surface area (Å²) in [7, 11) is 0. The molecule has 2 amide bonds. The predicted octanol–water partition coefficient (Wildman–Crippen LogP) is -0.783. The van der Waals surface area contributed by atoms with Gasteiger partial charge >= 0.3 is 6.03 Å². The van der Waals surface area contributed by atoms with Gasteiger partial charge in [-0.2, -0.15) is 15.0 Å². The van der Waals surface area contributed by atoms with E-state index in [9.17, 15) is 4.79 Å². The number of nitrogens with one attached hydrogen (secondary N) is 1. The second kappa shape index (κ2) is 7.60. The summed E-state index contributed by atoms with van der Waals surface area (Å²) in [5.74, 6) is 10.1. The molecule has 0 unspecified atom stereocenters. The van der Waals surface area contributed by atoms with Crippen LogP contribution in [0, 0.1) is 0 Å². The largest absolute Gasteiger partial charge is 0.353 e. The number of hydrazine groups is 2. The third-order valence-corrected chi connectivity index (χ3v) is 1.60. The molecule has 0 aliphatic heterocycles. The number of hydrogen-bond acceptors (Lipinski definition) is 7. The Bertz CT molecular complexity index is 424. The van der Waals surface area contributed by atoms with Gasteiger partial charge in [0.15, 0.2) is 0 Å². The van der Waals surface area contributed by atoms with Crippen molar-refractivity contribution in [2.24, 2.45) is 11.7 Å². The van der Waals surface area contributed by atoms with Crippen molar-refractivity contribution in [3.05, 3.63) is 43.2 Å². The molecule has 2 aromatic heterocycles. The van der Waals surface area contributed by atoms with E-state index in [4.69, 9.17) is 11.7 Å². The highest BCUT2D eigenvalue weighted by molar-refractivity contribution is 5.88. The molecule has 2 heterocycles. The van der Waals surface area contributed by atoms with Crippen molar-refractivity contribution < 1.29 is 4.79 Å². The fraction of sp³-hybridized carbons (Fsp3) is 0. The third kappa shape index (κ3) is 4.47. The molecule has 0 spiro atoms. The number of anilines is 1. The maximum absolute atomic E-state index is 10.8. The normalized spacial score (nSPS) is 8.78. The van der Waals surface area contributed by atoms with Gasteiger partial charge in [0.25, 0.3) is 5.95 Å². The number of nitrogens with zero attached hydrogens (tertiary/aromatic N) is 5. The number of rotatable bonds is 1. The monoisotopic (exact) mass is 248 g/mol. The molecule has 0 atom stereocenters. The molecule has 0 bridgehead atoms. The zero-order valence-corrected chi connectivity index (χ0v) is 9.34. The van der Waals surface area contributed by atoms with Gasteiger partial charge in [0, 0.05) is 12.4 Å². The van der Waals surface area contributed by atoms with Gasteiger partial charge in [-0.05, 0) is 12.1 Å². The van der Waals surface area contributed by atoms with Crippen LogP contribution in [0.3, 0.4) is 0 Å². The molecule has 5 N–H and O–H groups in total. The van der Waals surface area contributed by atoms with Gasteiger partial charge in [-0.25, -0.2) is 21.5 Å². The number of nitrogens with two attached hydrogens (primary N) is 2. The lowest BCUT2D eigenvalue weighted by molar-refractivity contribution is 0.246. The Hall–Kier alpha value is -2.65. The molecule has 0 radical (unpaired) electrons. The van der Waals surface area contributed by atoms with Crippen molar-refractivity contribution in [1.82, 2.24) is 25.4 Å². The zero-order chi connectivity index (χ0) is 13.2. The summed E-state index contributed by atoms with van der Waals surface area (Å²) >= 11 is 0. The minimum absolute atomic E-state index is 0.0213. The number of hydrogen-bond donors (Lipinski definition) is 3. The Morgan fingerprint density at radius 2 is 1.72 bits per heavy atom. The van der Waals surface area contributed by atoms with Crippen LogP contribution in [0.15, 0.2) is 43.2 Å². The highest BCUT2D eigenvalue weighted by Gasteiger charge is 2.11. The topological polar surface area (TPSA) is 136 Å². The number of amides is 2. The molecule has 0 aromatic carbocycles. The summed E-state index contributed by atoms with van der Waals surface area (Å²) in [5.41, 5.74) is 1.82.